The van der Waals surface area contributed by atoms with Crippen LogP contribution in [0.2, 0.25) is 0 Å². The van der Waals surface area contributed by atoms with Crippen molar-refractivity contribution < 1.29 is 19.4 Å². The molecule has 0 spiro atoms. The maximum atomic E-state index is 12.0. The Balaban J connectivity index is 1.67. The summed E-state index contributed by atoms with van der Waals surface area (Å²) in [7, 11) is 1.60. The lowest BCUT2D eigenvalue weighted by Crippen LogP contribution is -2.36. The molecule has 2 aromatic carbocycles. The number of benzene rings is 2. The van der Waals surface area contributed by atoms with E-state index in [-0.39, 0.29) is 11.7 Å². The van der Waals surface area contributed by atoms with Gasteiger partial charge in [-0.1, -0.05) is 0 Å². The standard InChI is InChI=1S/C19H21N3O4/c1-25-18-12-16(22-8-10-26-11-9-22)5-2-15(18)13-20-21-19(24)14-3-6-17(23)7-4-14/h2-7,12-13,23H,8-11H2,1H3,(H,21,24)/b20-13-. The zero-order valence-electron chi connectivity index (χ0n) is 14.5. The third-order valence-electron chi connectivity index (χ3n) is 4.09. The van der Waals surface area contributed by atoms with Crippen molar-refractivity contribution in [1.29, 1.82) is 0 Å². The van der Waals surface area contributed by atoms with E-state index in [0.29, 0.717) is 11.3 Å². The summed E-state index contributed by atoms with van der Waals surface area (Å²) in [5, 5.41) is 13.2. The van der Waals surface area contributed by atoms with Gasteiger partial charge in [-0.25, -0.2) is 5.43 Å². The molecule has 2 aromatic rings. The first kappa shape index (κ1) is 17.8. The number of methoxy groups -OCH3 is 1. The Hall–Kier alpha value is -3.06. The monoisotopic (exact) mass is 355 g/mol. The van der Waals surface area contributed by atoms with Gasteiger partial charge in [-0.2, -0.15) is 5.10 Å². The van der Waals surface area contributed by atoms with Crippen LogP contribution in [0.25, 0.3) is 0 Å². The van der Waals surface area contributed by atoms with E-state index in [4.69, 9.17) is 9.47 Å². The molecule has 1 fully saturated rings. The minimum absolute atomic E-state index is 0.107. The molecule has 7 heteroatoms. The van der Waals surface area contributed by atoms with Gasteiger partial charge < -0.3 is 19.5 Å². The number of phenols is 1. The summed E-state index contributed by atoms with van der Waals surface area (Å²) < 4.78 is 10.8. The molecule has 1 heterocycles. The minimum Gasteiger partial charge on any atom is -0.508 e. The molecule has 0 saturated carbocycles. The number of hydrogen-bond donors (Lipinski definition) is 2. The van der Waals surface area contributed by atoms with Gasteiger partial charge in [-0.3, -0.25) is 4.79 Å². The van der Waals surface area contributed by atoms with Crippen LogP contribution in [0.5, 0.6) is 11.5 Å². The Morgan fingerprint density at radius 3 is 2.65 bits per heavy atom. The number of carbonyl (C=O) groups excluding carboxylic acids is 1. The highest BCUT2D eigenvalue weighted by molar-refractivity contribution is 5.95. The zero-order valence-corrected chi connectivity index (χ0v) is 14.5. The van der Waals surface area contributed by atoms with Crippen molar-refractivity contribution >= 4 is 17.8 Å². The Morgan fingerprint density at radius 2 is 1.96 bits per heavy atom. The fraction of sp³-hybridized carbons (Fsp3) is 0.263. The van der Waals surface area contributed by atoms with Crippen molar-refractivity contribution in [3.05, 3.63) is 53.6 Å². The molecule has 0 unspecified atom stereocenters. The van der Waals surface area contributed by atoms with Crippen LogP contribution in [0.1, 0.15) is 15.9 Å². The number of carbonyl (C=O) groups is 1. The molecule has 1 aliphatic rings. The van der Waals surface area contributed by atoms with Crippen LogP contribution in [0.4, 0.5) is 5.69 Å². The van der Waals surface area contributed by atoms with Crippen molar-refractivity contribution in [2.75, 3.05) is 38.3 Å². The maximum absolute atomic E-state index is 12.0. The third-order valence-corrected chi connectivity index (χ3v) is 4.09. The molecular weight excluding hydrogens is 334 g/mol. The minimum atomic E-state index is -0.356. The average molecular weight is 355 g/mol. The number of ether oxygens (including phenoxy) is 2. The molecule has 3 rings (SSSR count). The molecule has 1 amide bonds. The summed E-state index contributed by atoms with van der Waals surface area (Å²) in [5.74, 6) is 0.428. The lowest BCUT2D eigenvalue weighted by Gasteiger charge is -2.29. The lowest BCUT2D eigenvalue weighted by molar-refractivity contribution is 0.0955. The van der Waals surface area contributed by atoms with Crippen LogP contribution in [-0.2, 0) is 4.74 Å². The molecule has 0 aliphatic carbocycles. The fourth-order valence-electron chi connectivity index (χ4n) is 2.66. The summed E-state index contributed by atoms with van der Waals surface area (Å²) >= 11 is 0. The average Bonchev–Trinajstić information content (AvgIpc) is 2.69. The molecule has 0 radical (unpaired) electrons. The van der Waals surface area contributed by atoms with Crippen molar-refractivity contribution in [3.63, 3.8) is 0 Å². The van der Waals surface area contributed by atoms with Crippen molar-refractivity contribution in [3.8, 4) is 11.5 Å². The van der Waals surface area contributed by atoms with Crippen LogP contribution in [0.15, 0.2) is 47.6 Å². The topological polar surface area (TPSA) is 83.4 Å². The molecule has 1 saturated heterocycles. The second-order valence-corrected chi connectivity index (χ2v) is 5.77. The van der Waals surface area contributed by atoms with Crippen LogP contribution in [-0.4, -0.2) is 50.6 Å². The first-order chi connectivity index (χ1) is 12.7. The first-order valence-corrected chi connectivity index (χ1v) is 8.30. The Kier molecular flexibility index (Phi) is 5.70. The first-order valence-electron chi connectivity index (χ1n) is 8.30. The summed E-state index contributed by atoms with van der Waals surface area (Å²) in [5.41, 5.74) is 4.70. The van der Waals surface area contributed by atoms with Crippen molar-refractivity contribution in [1.82, 2.24) is 5.43 Å². The number of amides is 1. The molecule has 2 N–H and O–H groups in total. The van der Waals surface area contributed by atoms with E-state index >= 15 is 0 Å². The van der Waals surface area contributed by atoms with E-state index < -0.39 is 0 Å². The van der Waals surface area contributed by atoms with E-state index in [0.717, 1.165) is 37.6 Å². The van der Waals surface area contributed by atoms with E-state index in [1.807, 2.05) is 18.2 Å². The second-order valence-electron chi connectivity index (χ2n) is 5.77. The highest BCUT2D eigenvalue weighted by Crippen LogP contribution is 2.25. The van der Waals surface area contributed by atoms with E-state index in [1.54, 1.807) is 13.3 Å². The van der Waals surface area contributed by atoms with Gasteiger partial charge in [0.15, 0.2) is 0 Å². The van der Waals surface area contributed by atoms with Crippen molar-refractivity contribution in [2.45, 2.75) is 0 Å². The van der Waals surface area contributed by atoms with Gasteiger partial charge >= 0.3 is 0 Å². The molecule has 1 aliphatic heterocycles. The van der Waals surface area contributed by atoms with E-state index in [2.05, 4.69) is 15.4 Å². The Bertz CT molecular complexity index is 784. The van der Waals surface area contributed by atoms with E-state index in [9.17, 15) is 9.90 Å². The number of nitrogens with zero attached hydrogens (tertiary/aromatic N) is 2. The molecule has 26 heavy (non-hydrogen) atoms. The lowest BCUT2D eigenvalue weighted by atomic mass is 10.1. The predicted octanol–water partition coefficient (Wildman–Crippen LogP) is 2.00. The van der Waals surface area contributed by atoms with Gasteiger partial charge in [-0.15, -0.1) is 0 Å². The second kappa shape index (κ2) is 8.35. The normalized spacial score (nSPS) is 14.4. The summed E-state index contributed by atoms with van der Waals surface area (Å²) in [6.45, 7) is 3.13. The summed E-state index contributed by atoms with van der Waals surface area (Å²) in [4.78, 5) is 14.2. The van der Waals surface area contributed by atoms with Gasteiger partial charge in [-0.05, 0) is 36.4 Å². The number of nitrogens with one attached hydrogen (secondary N) is 1. The quantitative estimate of drug-likeness (QED) is 0.633. The molecule has 0 aromatic heterocycles. The number of phenolic OH excluding ortho intramolecular Hbond substituents is 1. The number of hydrogen-bond acceptors (Lipinski definition) is 6. The van der Waals surface area contributed by atoms with Gasteiger partial charge in [0, 0.05) is 36.0 Å². The molecule has 136 valence electrons. The molecule has 7 nitrogen and oxygen atoms in total. The number of rotatable bonds is 5. The highest BCUT2D eigenvalue weighted by Gasteiger charge is 2.13. The van der Waals surface area contributed by atoms with E-state index in [1.165, 1.54) is 24.3 Å². The highest BCUT2D eigenvalue weighted by atomic mass is 16.5. The predicted molar refractivity (Wildman–Crippen MR) is 99.2 cm³/mol. The van der Waals surface area contributed by atoms with Gasteiger partial charge in [0.25, 0.3) is 5.91 Å². The Morgan fingerprint density at radius 1 is 1.23 bits per heavy atom. The van der Waals surface area contributed by atoms with Gasteiger partial charge in [0.2, 0.25) is 0 Å². The van der Waals surface area contributed by atoms with Gasteiger partial charge in [0.05, 0.1) is 26.5 Å². The number of hydrazone groups is 1. The largest absolute Gasteiger partial charge is 0.508 e. The zero-order chi connectivity index (χ0) is 18.4. The molecular formula is C19H21N3O4. The molecule has 0 bridgehead atoms. The van der Waals surface area contributed by atoms with Crippen LogP contribution in [0.3, 0.4) is 0 Å². The SMILES string of the molecule is COc1cc(N2CCOCC2)ccc1/C=N\NC(=O)c1ccc(O)cc1. The third kappa shape index (κ3) is 4.31. The van der Waals surface area contributed by atoms with Gasteiger partial charge in [0.1, 0.15) is 11.5 Å². The van der Waals surface area contributed by atoms with Crippen LogP contribution < -0.4 is 15.1 Å². The Labute approximate surface area is 151 Å². The number of aromatic hydroxyl groups is 1. The van der Waals surface area contributed by atoms with Crippen molar-refractivity contribution in [2.24, 2.45) is 5.10 Å². The maximum Gasteiger partial charge on any atom is 0.271 e. The fourth-order valence-corrected chi connectivity index (χ4v) is 2.66. The number of morpholine rings is 1. The van der Waals surface area contributed by atoms with Crippen LogP contribution >= 0.6 is 0 Å². The smallest absolute Gasteiger partial charge is 0.271 e. The van der Waals surface area contributed by atoms with Crippen LogP contribution in [0, 0.1) is 0 Å². The summed E-state index contributed by atoms with van der Waals surface area (Å²) in [6.07, 6.45) is 1.54. The molecule has 0 atom stereocenters. The summed E-state index contributed by atoms with van der Waals surface area (Å²) in [6, 6.07) is 11.8. The number of anilines is 1.